The highest BCUT2D eigenvalue weighted by molar-refractivity contribution is 6.35. The van der Waals surface area contributed by atoms with Crippen molar-refractivity contribution < 1.29 is 0 Å². The third-order valence-corrected chi connectivity index (χ3v) is 3.03. The molecular formula is C12H11ClN4. The fourth-order valence-corrected chi connectivity index (χ4v) is 2.28. The molecule has 0 N–H and O–H groups in total. The number of halogens is 1. The van der Waals surface area contributed by atoms with Gasteiger partial charge in [0.15, 0.2) is 0 Å². The van der Waals surface area contributed by atoms with Gasteiger partial charge in [0, 0.05) is 24.8 Å². The van der Waals surface area contributed by atoms with E-state index < -0.39 is 0 Å². The lowest BCUT2D eigenvalue weighted by Gasteiger charge is -2.03. The summed E-state index contributed by atoms with van der Waals surface area (Å²) in [5.74, 6) is 0. The lowest BCUT2D eigenvalue weighted by Crippen LogP contribution is -1.98. The molecule has 5 heteroatoms. The van der Waals surface area contributed by atoms with E-state index >= 15 is 0 Å². The highest BCUT2D eigenvalue weighted by atomic mass is 35.5. The summed E-state index contributed by atoms with van der Waals surface area (Å²) < 4.78 is 3.78. The molecule has 0 aliphatic rings. The van der Waals surface area contributed by atoms with Crippen LogP contribution in [0.3, 0.4) is 0 Å². The number of benzene rings is 1. The van der Waals surface area contributed by atoms with Crippen molar-refractivity contribution in [1.82, 2.24) is 19.6 Å². The summed E-state index contributed by atoms with van der Waals surface area (Å²) in [7, 11) is 1.86. The van der Waals surface area contributed by atoms with Gasteiger partial charge in [0.25, 0.3) is 0 Å². The van der Waals surface area contributed by atoms with Gasteiger partial charge in [0.2, 0.25) is 0 Å². The second kappa shape index (κ2) is 3.89. The molecule has 0 unspecified atom stereocenters. The van der Waals surface area contributed by atoms with Crippen LogP contribution in [0.5, 0.6) is 0 Å². The zero-order chi connectivity index (χ0) is 11.8. The van der Waals surface area contributed by atoms with Crippen molar-refractivity contribution in [2.24, 2.45) is 7.05 Å². The minimum Gasteiger partial charge on any atom is -0.340 e. The van der Waals surface area contributed by atoms with Crippen LogP contribution in [0.15, 0.2) is 36.7 Å². The Balaban J connectivity index is 2.06. The molecule has 2 heterocycles. The van der Waals surface area contributed by atoms with Crippen LogP contribution in [-0.2, 0) is 13.6 Å². The van der Waals surface area contributed by atoms with Crippen molar-refractivity contribution in [1.29, 1.82) is 0 Å². The van der Waals surface area contributed by atoms with Crippen LogP contribution in [0.4, 0.5) is 0 Å². The van der Waals surface area contributed by atoms with Gasteiger partial charge in [-0.25, -0.2) is 0 Å². The number of aryl methyl sites for hydroxylation is 1. The highest BCUT2D eigenvalue weighted by Crippen LogP contribution is 2.24. The molecule has 0 spiro atoms. The Morgan fingerprint density at radius 3 is 2.94 bits per heavy atom. The average molecular weight is 247 g/mol. The van der Waals surface area contributed by atoms with Gasteiger partial charge >= 0.3 is 0 Å². The SMILES string of the molecule is Cn1cc(Cn2ccc3cccc(Cl)c32)nn1. The molecule has 0 saturated heterocycles. The minimum atomic E-state index is 0.682. The monoisotopic (exact) mass is 246 g/mol. The van der Waals surface area contributed by atoms with Crippen LogP contribution in [-0.4, -0.2) is 19.6 Å². The fraction of sp³-hybridized carbons (Fsp3) is 0.167. The van der Waals surface area contributed by atoms with E-state index in [2.05, 4.69) is 20.9 Å². The normalized spacial score (nSPS) is 11.2. The zero-order valence-electron chi connectivity index (χ0n) is 9.34. The average Bonchev–Trinajstić information content (AvgIpc) is 2.88. The van der Waals surface area contributed by atoms with E-state index in [1.54, 1.807) is 4.68 Å². The predicted molar refractivity (Wildman–Crippen MR) is 67.1 cm³/mol. The summed E-state index contributed by atoms with van der Waals surface area (Å²) in [6.45, 7) is 0.682. The number of rotatable bonds is 2. The minimum absolute atomic E-state index is 0.682. The summed E-state index contributed by atoms with van der Waals surface area (Å²) in [4.78, 5) is 0. The van der Waals surface area contributed by atoms with E-state index in [4.69, 9.17) is 11.6 Å². The van der Waals surface area contributed by atoms with Crippen LogP contribution in [0.2, 0.25) is 5.02 Å². The lowest BCUT2D eigenvalue weighted by molar-refractivity contribution is 0.711. The van der Waals surface area contributed by atoms with Crippen LogP contribution >= 0.6 is 11.6 Å². The molecule has 0 radical (unpaired) electrons. The molecule has 1 aromatic carbocycles. The number of para-hydroxylation sites is 1. The summed E-state index contributed by atoms with van der Waals surface area (Å²) in [5, 5.41) is 9.90. The van der Waals surface area contributed by atoms with Crippen molar-refractivity contribution in [3.05, 3.63) is 47.4 Å². The maximum atomic E-state index is 6.21. The standard InChI is InChI=1S/C12H11ClN4/c1-16-7-10(14-15-16)8-17-6-5-9-3-2-4-11(13)12(9)17/h2-7H,8H2,1H3. The summed E-state index contributed by atoms with van der Waals surface area (Å²) in [6, 6.07) is 7.96. The third kappa shape index (κ3) is 1.80. The first-order valence-corrected chi connectivity index (χ1v) is 5.70. The summed E-state index contributed by atoms with van der Waals surface area (Å²) in [6.07, 6.45) is 3.92. The van der Waals surface area contributed by atoms with Crippen molar-refractivity contribution in [2.75, 3.05) is 0 Å². The van der Waals surface area contributed by atoms with Gasteiger partial charge < -0.3 is 4.57 Å². The van der Waals surface area contributed by atoms with E-state index in [9.17, 15) is 0 Å². The first-order chi connectivity index (χ1) is 8.24. The van der Waals surface area contributed by atoms with E-state index in [1.165, 1.54) is 0 Å². The van der Waals surface area contributed by atoms with Gasteiger partial charge in [-0.05, 0) is 12.1 Å². The van der Waals surface area contributed by atoms with Gasteiger partial charge in [0.05, 0.1) is 17.1 Å². The van der Waals surface area contributed by atoms with Crippen molar-refractivity contribution in [2.45, 2.75) is 6.54 Å². The molecule has 0 amide bonds. The summed E-state index contributed by atoms with van der Waals surface area (Å²) in [5.41, 5.74) is 1.96. The topological polar surface area (TPSA) is 35.6 Å². The quantitative estimate of drug-likeness (QED) is 0.696. The van der Waals surface area contributed by atoms with Crippen molar-refractivity contribution in [3.8, 4) is 0 Å². The highest BCUT2D eigenvalue weighted by Gasteiger charge is 2.06. The number of hydrogen-bond acceptors (Lipinski definition) is 2. The molecule has 3 aromatic rings. The number of hydrogen-bond donors (Lipinski definition) is 0. The zero-order valence-corrected chi connectivity index (χ0v) is 10.1. The molecule has 0 fully saturated rings. The Hall–Kier alpha value is -1.81. The molecule has 0 atom stereocenters. The first kappa shape index (κ1) is 10.4. The van der Waals surface area contributed by atoms with Gasteiger partial charge in [0.1, 0.15) is 5.69 Å². The van der Waals surface area contributed by atoms with E-state index in [0.717, 1.165) is 21.6 Å². The molecule has 4 nitrogen and oxygen atoms in total. The van der Waals surface area contributed by atoms with Crippen LogP contribution in [0, 0.1) is 0 Å². The third-order valence-electron chi connectivity index (χ3n) is 2.72. The second-order valence-electron chi connectivity index (χ2n) is 4.00. The maximum Gasteiger partial charge on any atom is 0.102 e. The number of nitrogens with zero attached hydrogens (tertiary/aromatic N) is 4. The Labute approximate surface area is 103 Å². The molecule has 2 aromatic heterocycles. The van der Waals surface area contributed by atoms with Gasteiger partial charge in [-0.3, -0.25) is 4.68 Å². The Kier molecular flexibility index (Phi) is 2.37. The van der Waals surface area contributed by atoms with Gasteiger partial charge in [-0.1, -0.05) is 28.9 Å². The molecule has 0 aliphatic heterocycles. The fourth-order valence-electron chi connectivity index (χ4n) is 1.99. The maximum absolute atomic E-state index is 6.21. The lowest BCUT2D eigenvalue weighted by atomic mass is 10.2. The van der Waals surface area contributed by atoms with Crippen LogP contribution in [0.25, 0.3) is 10.9 Å². The van der Waals surface area contributed by atoms with Gasteiger partial charge in [-0.2, -0.15) is 0 Å². The first-order valence-electron chi connectivity index (χ1n) is 5.32. The molecule has 17 heavy (non-hydrogen) atoms. The molecule has 0 aliphatic carbocycles. The molecule has 0 bridgehead atoms. The Bertz CT molecular complexity index is 668. The largest absolute Gasteiger partial charge is 0.340 e. The number of aromatic nitrogens is 4. The Morgan fingerprint density at radius 1 is 1.29 bits per heavy atom. The van der Waals surface area contributed by atoms with Crippen molar-refractivity contribution >= 4 is 22.5 Å². The second-order valence-corrected chi connectivity index (χ2v) is 4.41. The molecule has 3 rings (SSSR count). The Morgan fingerprint density at radius 2 is 2.18 bits per heavy atom. The molecule has 86 valence electrons. The molecule has 0 saturated carbocycles. The number of fused-ring (bicyclic) bond motifs is 1. The van der Waals surface area contributed by atoms with Gasteiger partial charge in [-0.15, -0.1) is 5.10 Å². The van der Waals surface area contributed by atoms with E-state index in [0.29, 0.717) is 6.54 Å². The predicted octanol–water partition coefficient (Wildman–Crippen LogP) is 2.47. The molecular weight excluding hydrogens is 236 g/mol. The van der Waals surface area contributed by atoms with Crippen LogP contribution < -0.4 is 0 Å². The van der Waals surface area contributed by atoms with E-state index in [1.807, 2.05) is 37.6 Å². The van der Waals surface area contributed by atoms with E-state index in [-0.39, 0.29) is 0 Å². The smallest absolute Gasteiger partial charge is 0.102 e. The van der Waals surface area contributed by atoms with Crippen LogP contribution in [0.1, 0.15) is 5.69 Å². The van der Waals surface area contributed by atoms with Crippen molar-refractivity contribution in [3.63, 3.8) is 0 Å². The summed E-state index contributed by atoms with van der Waals surface area (Å²) >= 11 is 6.21.